The van der Waals surface area contributed by atoms with E-state index in [9.17, 15) is 0 Å². The van der Waals surface area contributed by atoms with E-state index >= 15 is 0 Å². The van der Waals surface area contributed by atoms with E-state index in [1.807, 2.05) is 12.1 Å². The van der Waals surface area contributed by atoms with Gasteiger partial charge in [0, 0.05) is 19.1 Å². The number of pyridine rings is 1. The zero-order valence-corrected chi connectivity index (χ0v) is 11.4. The Labute approximate surface area is 114 Å². The summed E-state index contributed by atoms with van der Waals surface area (Å²) in [4.78, 5) is 9.37. The summed E-state index contributed by atoms with van der Waals surface area (Å²) in [6.07, 6.45) is 5.32. The topological polar surface area (TPSA) is 71.4 Å². The Hall–Kier alpha value is -1.49. The van der Waals surface area contributed by atoms with Crippen LogP contribution in [0.3, 0.4) is 0 Å². The van der Waals surface area contributed by atoms with Gasteiger partial charge in [0.05, 0.1) is 5.69 Å². The predicted octanol–water partition coefficient (Wildman–Crippen LogP) is 1.31. The van der Waals surface area contributed by atoms with E-state index in [-0.39, 0.29) is 0 Å². The SMILES string of the molecule is Nc1ccc(N2CCC(N3CCCCC3)C2)nc1N. The summed E-state index contributed by atoms with van der Waals surface area (Å²) in [7, 11) is 0. The van der Waals surface area contributed by atoms with Gasteiger partial charge in [-0.25, -0.2) is 4.98 Å². The summed E-state index contributed by atoms with van der Waals surface area (Å²) < 4.78 is 0. The van der Waals surface area contributed by atoms with E-state index in [0.29, 0.717) is 17.5 Å². The van der Waals surface area contributed by atoms with Crippen LogP contribution in [0.2, 0.25) is 0 Å². The first-order valence-electron chi connectivity index (χ1n) is 7.25. The van der Waals surface area contributed by atoms with Crippen molar-refractivity contribution < 1.29 is 0 Å². The summed E-state index contributed by atoms with van der Waals surface area (Å²) in [5, 5.41) is 0. The van der Waals surface area contributed by atoms with Crippen LogP contribution in [-0.4, -0.2) is 42.1 Å². The van der Waals surface area contributed by atoms with Crippen molar-refractivity contribution in [2.24, 2.45) is 0 Å². The molecular formula is C14H23N5. The van der Waals surface area contributed by atoms with Gasteiger partial charge in [-0.05, 0) is 44.5 Å². The molecular weight excluding hydrogens is 238 g/mol. The number of likely N-dealkylation sites (tertiary alicyclic amines) is 1. The third-order valence-electron chi connectivity index (χ3n) is 4.34. The molecule has 1 aromatic rings. The standard InChI is InChI=1S/C14H23N5/c15-12-4-5-13(17-14(12)16)19-9-6-11(10-19)18-7-2-1-3-8-18/h4-5,11H,1-3,6-10,15H2,(H2,16,17). The number of anilines is 3. The summed E-state index contributed by atoms with van der Waals surface area (Å²) in [6, 6.07) is 4.51. The number of rotatable bonds is 2. The van der Waals surface area contributed by atoms with Gasteiger partial charge in [0.1, 0.15) is 11.6 Å². The molecule has 0 aromatic carbocycles. The zero-order chi connectivity index (χ0) is 13.2. The first kappa shape index (κ1) is 12.5. The molecule has 3 rings (SSSR count). The lowest BCUT2D eigenvalue weighted by Crippen LogP contribution is -2.40. The molecule has 0 amide bonds. The number of hydrogen-bond donors (Lipinski definition) is 2. The van der Waals surface area contributed by atoms with E-state index in [4.69, 9.17) is 11.5 Å². The van der Waals surface area contributed by atoms with Gasteiger partial charge in [-0.15, -0.1) is 0 Å². The average molecular weight is 261 g/mol. The fraction of sp³-hybridized carbons (Fsp3) is 0.643. The van der Waals surface area contributed by atoms with Crippen LogP contribution in [0.25, 0.3) is 0 Å². The zero-order valence-electron chi connectivity index (χ0n) is 11.4. The van der Waals surface area contributed by atoms with Crippen molar-refractivity contribution in [3.63, 3.8) is 0 Å². The molecule has 0 bridgehead atoms. The number of piperidine rings is 1. The summed E-state index contributed by atoms with van der Waals surface area (Å²) in [5.74, 6) is 1.41. The Morgan fingerprint density at radius 1 is 1.05 bits per heavy atom. The highest BCUT2D eigenvalue weighted by Crippen LogP contribution is 2.25. The van der Waals surface area contributed by atoms with E-state index in [1.165, 1.54) is 38.8 Å². The molecule has 1 atom stereocenters. The minimum absolute atomic E-state index is 0.443. The lowest BCUT2D eigenvalue weighted by molar-refractivity contribution is 0.175. The normalized spacial score (nSPS) is 24.8. The Balaban J connectivity index is 1.66. The third-order valence-corrected chi connectivity index (χ3v) is 4.34. The molecule has 2 aliphatic rings. The molecule has 0 spiro atoms. The highest BCUT2D eigenvalue weighted by atomic mass is 15.3. The van der Waals surface area contributed by atoms with Crippen LogP contribution in [0.1, 0.15) is 25.7 Å². The van der Waals surface area contributed by atoms with Crippen molar-refractivity contribution in [2.45, 2.75) is 31.7 Å². The molecule has 2 fully saturated rings. The second-order valence-electron chi connectivity index (χ2n) is 5.63. The minimum atomic E-state index is 0.443. The van der Waals surface area contributed by atoms with Crippen LogP contribution in [0.15, 0.2) is 12.1 Å². The smallest absolute Gasteiger partial charge is 0.149 e. The van der Waals surface area contributed by atoms with Gasteiger partial charge in [-0.3, -0.25) is 4.90 Å². The fourth-order valence-electron chi connectivity index (χ4n) is 3.18. The monoisotopic (exact) mass is 261 g/mol. The Morgan fingerprint density at radius 3 is 2.58 bits per heavy atom. The molecule has 5 nitrogen and oxygen atoms in total. The van der Waals surface area contributed by atoms with Crippen molar-refractivity contribution in [1.29, 1.82) is 0 Å². The minimum Gasteiger partial charge on any atom is -0.396 e. The summed E-state index contributed by atoms with van der Waals surface area (Å²) in [5.41, 5.74) is 12.1. The van der Waals surface area contributed by atoms with Gasteiger partial charge in [0.15, 0.2) is 0 Å². The van der Waals surface area contributed by atoms with Gasteiger partial charge in [-0.1, -0.05) is 6.42 Å². The molecule has 2 aliphatic heterocycles. The van der Waals surface area contributed by atoms with Gasteiger partial charge in [-0.2, -0.15) is 0 Å². The third kappa shape index (κ3) is 2.61. The quantitative estimate of drug-likeness (QED) is 0.840. The number of nitrogen functional groups attached to an aromatic ring is 2. The second-order valence-corrected chi connectivity index (χ2v) is 5.63. The molecule has 19 heavy (non-hydrogen) atoms. The van der Waals surface area contributed by atoms with Crippen molar-refractivity contribution >= 4 is 17.3 Å². The van der Waals surface area contributed by atoms with Crippen molar-refractivity contribution in [3.05, 3.63) is 12.1 Å². The van der Waals surface area contributed by atoms with Gasteiger partial charge in [0.2, 0.25) is 0 Å². The molecule has 1 aromatic heterocycles. The van der Waals surface area contributed by atoms with Crippen LogP contribution in [-0.2, 0) is 0 Å². The molecule has 5 heteroatoms. The summed E-state index contributed by atoms with van der Waals surface area (Å²) in [6.45, 7) is 4.65. The van der Waals surface area contributed by atoms with Crippen molar-refractivity contribution in [3.8, 4) is 0 Å². The maximum atomic E-state index is 5.79. The molecule has 0 aliphatic carbocycles. The van der Waals surface area contributed by atoms with Gasteiger partial charge in [0.25, 0.3) is 0 Å². The molecule has 104 valence electrons. The van der Waals surface area contributed by atoms with Gasteiger partial charge < -0.3 is 16.4 Å². The molecule has 2 saturated heterocycles. The van der Waals surface area contributed by atoms with Crippen LogP contribution >= 0.6 is 0 Å². The fourth-order valence-corrected chi connectivity index (χ4v) is 3.18. The van der Waals surface area contributed by atoms with E-state index in [1.54, 1.807) is 0 Å². The van der Waals surface area contributed by atoms with Crippen LogP contribution in [0.5, 0.6) is 0 Å². The van der Waals surface area contributed by atoms with Crippen LogP contribution in [0, 0.1) is 0 Å². The van der Waals surface area contributed by atoms with E-state index in [0.717, 1.165) is 18.9 Å². The van der Waals surface area contributed by atoms with E-state index < -0.39 is 0 Å². The highest BCUT2D eigenvalue weighted by Gasteiger charge is 2.29. The first-order chi connectivity index (χ1) is 9.24. The van der Waals surface area contributed by atoms with Crippen LogP contribution < -0.4 is 16.4 Å². The van der Waals surface area contributed by atoms with E-state index in [2.05, 4.69) is 14.8 Å². The number of hydrogen-bond acceptors (Lipinski definition) is 5. The van der Waals surface area contributed by atoms with Crippen molar-refractivity contribution in [2.75, 3.05) is 42.5 Å². The molecule has 1 unspecified atom stereocenters. The molecule has 0 radical (unpaired) electrons. The predicted molar refractivity (Wildman–Crippen MR) is 79.1 cm³/mol. The first-order valence-corrected chi connectivity index (χ1v) is 7.25. The maximum Gasteiger partial charge on any atom is 0.149 e. The Kier molecular flexibility index (Phi) is 3.46. The molecule has 0 saturated carbocycles. The highest BCUT2D eigenvalue weighted by molar-refractivity contribution is 5.62. The average Bonchev–Trinajstić information content (AvgIpc) is 2.93. The van der Waals surface area contributed by atoms with Gasteiger partial charge >= 0.3 is 0 Å². The Bertz CT molecular complexity index is 441. The second kappa shape index (κ2) is 5.25. The van der Waals surface area contributed by atoms with Crippen molar-refractivity contribution in [1.82, 2.24) is 9.88 Å². The Morgan fingerprint density at radius 2 is 1.84 bits per heavy atom. The molecule has 4 N–H and O–H groups in total. The number of aromatic nitrogens is 1. The summed E-state index contributed by atoms with van der Waals surface area (Å²) >= 11 is 0. The largest absolute Gasteiger partial charge is 0.396 e. The lowest BCUT2D eigenvalue weighted by atomic mass is 10.1. The number of nitrogens with zero attached hydrogens (tertiary/aromatic N) is 3. The number of nitrogens with two attached hydrogens (primary N) is 2. The lowest BCUT2D eigenvalue weighted by Gasteiger charge is -2.32. The van der Waals surface area contributed by atoms with Crippen LogP contribution in [0.4, 0.5) is 17.3 Å². The molecule has 3 heterocycles. The maximum absolute atomic E-state index is 5.79.